The molecule has 0 aliphatic carbocycles. The third-order valence-corrected chi connectivity index (χ3v) is 3.78. The monoisotopic (exact) mass is 376 g/mol. The fraction of sp³-hybridized carbons (Fsp3) is 0.375. The van der Waals surface area contributed by atoms with Crippen molar-refractivity contribution in [2.24, 2.45) is 0 Å². The van der Waals surface area contributed by atoms with E-state index in [2.05, 4.69) is 5.10 Å². The number of halogens is 4. The number of nitrogens with zero attached hydrogens (tertiary/aromatic N) is 2. The number of unbranched alkanes of at least 4 members (excludes halogenated alkanes) is 1. The Balaban J connectivity index is 2.25. The molecule has 0 saturated carbocycles. The molecule has 1 aromatic carbocycles. The molecule has 2 rings (SSSR count). The van der Waals surface area contributed by atoms with Gasteiger partial charge in [-0.1, -0.05) is 31.0 Å². The highest BCUT2D eigenvalue weighted by molar-refractivity contribution is 6.31. The molecule has 0 radical (unpaired) electrons. The number of carbonyl (C=O) groups is 1. The number of carboxylic acids is 1. The van der Waals surface area contributed by atoms with Gasteiger partial charge >= 0.3 is 12.1 Å². The molecule has 0 aliphatic heterocycles. The van der Waals surface area contributed by atoms with Gasteiger partial charge in [0, 0.05) is 11.1 Å². The van der Waals surface area contributed by atoms with E-state index >= 15 is 0 Å². The summed E-state index contributed by atoms with van der Waals surface area (Å²) >= 11 is 5.91. The summed E-state index contributed by atoms with van der Waals surface area (Å²) in [6.07, 6.45) is -2.80. The van der Waals surface area contributed by atoms with Crippen LogP contribution in [0.3, 0.4) is 0 Å². The normalized spacial score (nSPS) is 11.6. The van der Waals surface area contributed by atoms with Crippen molar-refractivity contribution in [2.45, 2.75) is 32.5 Å². The largest absolute Gasteiger partial charge is 0.477 e. The van der Waals surface area contributed by atoms with Crippen molar-refractivity contribution in [2.75, 3.05) is 6.61 Å². The average Bonchev–Trinajstić information content (AvgIpc) is 2.92. The maximum absolute atomic E-state index is 12.7. The Kier molecular flexibility index (Phi) is 5.94. The summed E-state index contributed by atoms with van der Waals surface area (Å²) < 4.78 is 44.5. The molecule has 0 amide bonds. The molecule has 0 saturated heterocycles. The van der Waals surface area contributed by atoms with Crippen molar-refractivity contribution in [3.05, 3.63) is 46.1 Å². The molecular formula is C16H16ClF3N2O3. The Morgan fingerprint density at radius 1 is 1.36 bits per heavy atom. The first-order valence-corrected chi connectivity index (χ1v) is 7.89. The SMILES string of the molecule is CCCCOc1cc(C(=O)O)n(Cc2ccc(C(F)(F)F)cc2Cl)n1. The quantitative estimate of drug-likeness (QED) is 0.723. The summed E-state index contributed by atoms with van der Waals surface area (Å²) in [5.41, 5.74) is -0.688. The Hall–Kier alpha value is -2.22. The van der Waals surface area contributed by atoms with Crippen molar-refractivity contribution >= 4 is 17.6 Å². The van der Waals surface area contributed by atoms with E-state index in [1.54, 1.807) is 0 Å². The first-order chi connectivity index (χ1) is 11.7. The van der Waals surface area contributed by atoms with Crippen LogP contribution in [0.4, 0.5) is 13.2 Å². The maximum Gasteiger partial charge on any atom is 0.416 e. The van der Waals surface area contributed by atoms with Gasteiger partial charge in [0.05, 0.1) is 18.7 Å². The van der Waals surface area contributed by atoms with Crippen LogP contribution in [0, 0.1) is 0 Å². The molecule has 5 nitrogen and oxygen atoms in total. The zero-order chi connectivity index (χ0) is 18.6. The molecule has 0 spiro atoms. The fourth-order valence-corrected chi connectivity index (χ4v) is 2.33. The lowest BCUT2D eigenvalue weighted by Gasteiger charge is -2.10. The lowest BCUT2D eigenvalue weighted by Crippen LogP contribution is -2.12. The summed E-state index contributed by atoms with van der Waals surface area (Å²) in [5, 5.41) is 13.2. The second-order valence-electron chi connectivity index (χ2n) is 5.34. The Morgan fingerprint density at radius 2 is 2.08 bits per heavy atom. The maximum atomic E-state index is 12.7. The van der Waals surface area contributed by atoms with Crippen LogP contribution < -0.4 is 4.74 Å². The molecule has 2 aromatic rings. The number of aromatic carboxylic acids is 1. The van der Waals surface area contributed by atoms with Gasteiger partial charge in [-0.05, 0) is 24.1 Å². The fourth-order valence-electron chi connectivity index (χ4n) is 2.09. The average molecular weight is 377 g/mol. The van der Waals surface area contributed by atoms with Gasteiger partial charge in [0.2, 0.25) is 5.88 Å². The second-order valence-corrected chi connectivity index (χ2v) is 5.74. The smallest absolute Gasteiger partial charge is 0.416 e. The van der Waals surface area contributed by atoms with E-state index in [0.29, 0.717) is 12.2 Å². The van der Waals surface area contributed by atoms with E-state index in [9.17, 15) is 23.1 Å². The van der Waals surface area contributed by atoms with E-state index in [4.69, 9.17) is 16.3 Å². The molecular weight excluding hydrogens is 361 g/mol. The third-order valence-electron chi connectivity index (χ3n) is 3.43. The molecule has 0 atom stereocenters. The number of ether oxygens (including phenoxy) is 1. The van der Waals surface area contributed by atoms with Crippen LogP contribution in [0.15, 0.2) is 24.3 Å². The zero-order valence-electron chi connectivity index (χ0n) is 13.3. The molecule has 136 valence electrons. The number of aromatic nitrogens is 2. The van der Waals surface area contributed by atoms with Crippen LogP contribution in [-0.4, -0.2) is 27.5 Å². The highest BCUT2D eigenvalue weighted by Crippen LogP contribution is 2.32. The molecule has 1 heterocycles. The van der Waals surface area contributed by atoms with Crippen LogP contribution >= 0.6 is 11.6 Å². The molecule has 1 aromatic heterocycles. The van der Waals surface area contributed by atoms with Gasteiger partial charge in [-0.2, -0.15) is 13.2 Å². The van der Waals surface area contributed by atoms with E-state index < -0.39 is 17.7 Å². The van der Waals surface area contributed by atoms with Gasteiger partial charge in [-0.15, -0.1) is 5.10 Å². The minimum Gasteiger partial charge on any atom is -0.477 e. The van der Waals surface area contributed by atoms with E-state index in [1.807, 2.05) is 6.92 Å². The van der Waals surface area contributed by atoms with Crippen LogP contribution in [0.1, 0.15) is 41.4 Å². The van der Waals surface area contributed by atoms with Crippen LogP contribution in [0.2, 0.25) is 5.02 Å². The van der Waals surface area contributed by atoms with Crippen LogP contribution in [-0.2, 0) is 12.7 Å². The Labute approximate surface area is 147 Å². The van der Waals surface area contributed by atoms with E-state index in [0.717, 1.165) is 29.7 Å². The van der Waals surface area contributed by atoms with Crippen molar-refractivity contribution in [3.63, 3.8) is 0 Å². The van der Waals surface area contributed by atoms with Gasteiger partial charge in [0.15, 0.2) is 5.69 Å². The number of rotatable bonds is 7. The minimum atomic E-state index is -4.50. The predicted octanol–water partition coefficient (Wildman–Crippen LogP) is 4.48. The van der Waals surface area contributed by atoms with Gasteiger partial charge in [-0.3, -0.25) is 0 Å². The Morgan fingerprint density at radius 3 is 2.64 bits per heavy atom. The molecule has 0 unspecified atom stereocenters. The van der Waals surface area contributed by atoms with Crippen molar-refractivity contribution in [1.29, 1.82) is 0 Å². The molecule has 0 bridgehead atoms. The van der Waals surface area contributed by atoms with Crippen molar-refractivity contribution < 1.29 is 27.8 Å². The van der Waals surface area contributed by atoms with Crippen molar-refractivity contribution in [1.82, 2.24) is 9.78 Å². The standard InChI is InChI=1S/C16H16ClF3N2O3/c1-2-3-6-25-14-8-13(15(23)24)22(21-14)9-10-4-5-11(7-12(10)17)16(18,19)20/h4-5,7-8H,2-3,6,9H2,1H3,(H,23,24). The summed E-state index contributed by atoms with van der Waals surface area (Å²) in [5.74, 6) is -1.07. The molecule has 0 aliphatic rings. The number of hydrogen-bond donors (Lipinski definition) is 1. The van der Waals surface area contributed by atoms with E-state index in [1.165, 1.54) is 12.1 Å². The third kappa shape index (κ3) is 4.88. The van der Waals surface area contributed by atoms with Crippen molar-refractivity contribution in [3.8, 4) is 5.88 Å². The first-order valence-electron chi connectivity index (χ1n) is 7.52. The summed E-state index contributed by atoms with van der Waals surface area (Å²) in [7, 11) is 0. The summed E-state index contributed by atoms with van der Waals surface area (Å²) in [6, 6.07) is 4.18. The number of alkyl halides is 3. The molecule has 25 heavy (non-hydrogen) atoms. The predicted molar refractivity (Wildman–Crippen MR) is 85.1 cm³/mol. The lowest BCUT2D eigenvalue weighted by atomic mass is 10.1. The van der Waals surface area contributed by atoms with Gasteiger partial charge in [-0.25, -0.2) is 9.48 Å². The van der Waals surface area contributed by atoms with Gasteiger partial charge in [0.25, 0.3) is 0 Å². The van der Waals surface area contributed by atoms with Gasteiger partial charge in [0.1, 0.15) is 0 Å². The van der Waals surface area contributed by atoms with Gasteiger partial charge < -0.3 is 9.84 Å². The highest BCUT2D eigenvalue weighted by atomic mass is 35.5. The molecule has 9 heteroatoms. The molecule has 0 fully saturated rings. The zero-order valence-corrected chi connectivity index (χ0v) is 14.1. The van der Waals surface area contributed by atoms with E-state index in [-0.39, 0.29) is 23.1 Å². The lowest BCUT2D eigenvalue weighted by molar-refractivity contribution is -0.137. The molecule has 1 N–H and O–H groups in total. The summed E-state index contributed by atoms with van der Waals surface area (Å²) in [4.78, 5) is 11.3. The van der Waals surface area contributed by atoms with Crippen LogP contribution in [0.25, 0.3) is 0 Å². The number of carboxylic acid groups (broad SMARTS) is 1. The van der Waals surface area contributed by atoms with Crippen LogP contribution in [0.5, 0.6) is 5.88 Å². The first kappa shape index (κ1) is 19.1. The number of hydrogen-bond acceptors (Lipinski definition) is 3. The minimum absolute atomic E-state index is 0.0876. The second kappa shape index (κ2) is 7.77. The highest BCUT2D eigenvalue weighted by Gasteiger charge is 2.31. The topological polar surface area (TPSA) is 64.3 Å². The Bertz CT molecular complexity index is 760. The summed E-state index contributed by atoms with van der Waals surface area (Å²) in [6.45, 7) is 2.29. The number of benzene rings is 1.